The van der Waals surface area contributed by atoms with E-state index in [4.69, 9.17) is 23.2 Å². The zero-order valence-corrected chi connectivity index (χ0v) is 15.7. The van der Waals surface area contributed by atoms with Gasteiger partial charge < -0.3 is 15.5 Å². The van der Waals surface area contributed by atoms with Gasteiger partial charge in [-0.2, -0.15) is 0 Å². The van der Waals surface area contributed by atoms with E-state index < -0.39 is 6.04 Å². The lowest BCUT2D eigenvalue weighted by Crippen LogP contribution is -2.55. The first kappa shape index (κ1) is 18.5. The zero-order valence-electron chi connectivity index (χ0n) is 14.2. The van der Waals surface area contributed by atoms with Crippen molar-refractivity contribution >= 4 is 35.0 Å². The lowest BCUT2D eigenvalue weighted by molar-refractivity contribution is -0.126. The molecule has 2 N–H and O–H groups in total. The van der Waals surface area contributed by atoms with Gasteiger partial charge in [0.1, 0.15) is 6.04 Å². The molecule has 136 valence electrons. The zero-order chi connectivity index (χ0) is 18.0. The highest BCUT2D eigenvalue weighted by Crippen LogP contribution is 2.25. The topological polar surface area (TPSA) is 61.4 Å². The number of rotatable bonds is 3. The van der Waals surface area contributed by atoms with Crippen LogP contribution in [0.15, 0.2) is 18.2 Å². The van der Waals surface area contributed by atoms with Crippen molar-refractivity contribution in [2.45, 2.75) is 38.3 Å². The maximum atomic E-state index is 12.8. The fourth-order valence-corrected chi connectivity index (χ4v) is 4.11. The van der Waals surface area contributed by atoms with Crippen molar-refractivity contribution in [3.05, 3.63) is 33.8 Å². The van der Waals surface area contributed by atoms with Gasteiger partial charge in [-0.3, -0.25) is 9.59 Å². The third-order valence-corrected chi connectivity index (χ3v) is 5.52. The average molecular weight is 384 g/mol. The van der Waals surface area contributed by atoms with Crippen LogP contribution in [0, 0.1) is 5.92 Å². The summed E-state index contributed by atoms with van der Waals surface area (Å²) in [5, 5.41) is 7.26. The highest BCUT2D eigenvalue weighted by molar-refractivity contribution is 6.35. The highest BCUT2D eigenvalue weighted by atomic mass is 35.5. The van der Waals surface area contributed by atoms with E-state index in [9.17, 15) is 9.59 Å². The fourth-order valence-electron chi connectivity index (χ4n) is 3.59. The number of nitrogens with zero attached hydrogens (tertiary/aromatic N) is 1. The van der Waals surface area contributed by atoms with E-state index >= 15 is 0 Å². The largest absolute Gasteiger partial charge is 0.350 e. The van der Waals surface area contributed by atoms with Crippen molar-refractivity contribution in [2.24, 2.45) is 5.92 Å². The second-order valence-electron chi connectivity index (χ2n) is 6.90. The van der Waals surface area contributed by atoms with E-state index in [0.29, 0.717) is 34.5 Å². The number of likely N-dealkylation sites (tertiary alicyclic amines) is 1. The SMILES string of the molecule is CC1CCNCC1NC(=O)C1CCCN1C(=O)c1cc(Cl)cc(Cl)c1. The first-order valence-corrected chi connectivity index (χ1v) is 9.49. The summed E-state index contributed by atoms with van der Waals surface area (Å²) in [6, 6.07) is 4.46. The third-order valence-electron chi connectivity index (χ3n) is 5.08. The third kappa shape index (κ3) is 4.27. The van der Waals surface area contributed by atoms with Crippen LogP contribution >= 0.6 is 23.2 Å². The Morgan fingerprint density at radius 3 is 2.60 bits per heavy atom. The van der Waals surface area contributed by atoms with Crippen molar-refractivity contribution in [1.82, 2.24) is 15.5 Å². The van der Waals surface area contributed by atoms with Crippen molar-refractivity contribution in [1.29, 1.82) is 0 Å². The molecule has 0 saturated carbocycles. The quantitative estimate of drug-likeness (QED) is 0.843. The van der Waals surface area contributed by atoms with Gasteiger partial charge in [-0.05, 0) is 49.9 Å². The molecule has 1 aromatic carbocycles. The van der Waals surface area contributed by atoms with Crippen LogP contribution in [0.2, 0.25) is 10.0 Å². The predicted octanol–water partition coefficient (Wildman–Crippen LogP) is 2.71. The highest BCUT2D eigenvalue weighted by Gasteiger charge is 2.36. The number of hydrogen-bond donors (Lipinski definition) is 2. The molecule has 2 aliphatic rings. The molecule has 2 amide bonds. The fraction of sp³-hybridized carbons (Fsp3) is 0.556. The molecule has 3 unspecified atom stereocenters. The molecule has 0 aromatic heterocycles. The number of nitrogens with one attached hydrogen (secondary N) is 2. The maximum Gasteiger partial charge on any atom is 0.254 e. The minimum atomic E-state index is -0.431. The van der Waals surface area contributed by atoms with Gasteiger partial charge in [0.25, 0.3) is 5.91 Å². The summed E-state index contributed by atoms with van der Waals surface area (Å²) < 4.78 is 0. The molecule has 5 nitrogen and oxygen atoms in total. The Bertz CT molecular complexity index is 647. The molecule has 7 heteroatoms. The van der Waals surface area contributed by atoms with Crippen LogP contribution in [0.4, 0.5) is 0 Å². The second kappa shape index (κ2) is 7.94. The lowest BCUT2D eigenvalue weighted by Gasteiger charge is -2.32. The van der Waals surface area contributed by atoms with E-state index in [1.54, 1.807) is 23.1 Å². The Balaban J connectivity index is 1.71. The van der Waals surface area contributed by atoms with Crippen molar-refractivity contribution in [3.63, 3.8) is 0 Å². The number of carbonyl (C=O) groups excluding carboxylic acids is 2. The van der Waals surface area contributed by atoms with Gasteiger partial charge in [0, 0.05) is 34.7 Å². The Labute approximate surface area is 158 Å². The minimum Gasteiger partial charge on any atom is -0.350 e. The van der Waals surface area contributed by atoms with Crippen LogP contribution in [-0.2, 0) is 4.79 Å². The first-order valence-electron chi connectivity index (χ1n) is 8.74. The number of benzene rings is 1. The van der Waals surface area contributed by atoms with E-state index in [1.165, 1.54) is 0 Å². The molecule has 0 spiro atoms. The summed E-state index contributed by atoms with van der Waals surface area (Å²) in [7, 11) is 0. The van der Waals surface area contributed by atoms with Gasteiger partial charge in [-0.1, -0.05) is 30.1 Å². The number of hydrogen-bond acceptors (Lipinski definition) is 3. The summed E-state index contributed by atoms with van der Waals surface area (Å²) in [6.07, 6.45) is 2.54. The summed E-state index contributed by atoms with van der Waals surface area (Å²) >= 11 is 12.0. The first-order chi connectivity index (χ1) is 12.0. The Morgan fingerprint density at radius 2 is 1.92 bits per heavy atom. The van der Waals surface area contributed by atoms with E-state index in [0.717, 1.165) is 25.9 Å². The average Bonchev–Trinajstić information content (AvgIpc) is 3.05. The van der Waals surface area contributed by atoms with Gasteiger partial charge in [0.2, 0.25) is 5.91 Å². The molecule has 0 aliphatic carbocycles. The minimum absolute atomic E-state index is 0.0699. The molecule has 2 saturated heterocycles. The molecular weight excluding hydrogens is 361 g/mol. The number of amides is 2. The Hall–Kier alpha value is -1.30. The van der Waals surface area contributed by atoms with Crippen LogP contribution in [-0.4, -0.2) is 48.4 Å². The molecular formula is C18H23Cl2N3O2. The second-order valence-corrected chi connectivity index (χ2v) is 7.77. The lowest BCUT2D eigenvalue weighted by atomic mass is 9.94. The molecule has 3 rings (SSSR count). The van der Waals surface area contributed by atoms with Crippen LogP contribution in [0.3, 0.4) is 0 Å². The molecule has 2 fully saturated rings. The number of carbonyl (C=O) groups is 2. The number of piperidine rings is 1. The molecule has 0 radical (unpaired) electrons. The molecule has 3 atom stereocenters. The standard InChI is InChI=1S/C18H23Cl2N3O2/c1-11-4-5-21-10-15(11)22-17(24)16-3-2-6-23(16)18(25)12-7-13(19)9-14(20)8-12/h7-9,11,15-16,21H,2-6,10H2,1H3,(H,22,24). The number of halogens is 2. The smallest absolute Gasteiger partial charge is 0.254 e. The molecule has 25 heavy (non-hydrogen) atoms. The molecule has 1 aromatic rings. The van der Waals surface area contributed by atoms with Crippen molar-refractivity contribution in [3.8, 4) is 0 Å². The van der Waals surface area contributed by atoms with E-state index in [-0.39, 0.29) is 17.9 Å². The molecule has 2 aliphatic heterocycles. The van der Waals surface area contributed by atoms with Crippen LogP contribution in [0.25, 0.3) is 0 Å². The summed E-state index contributed by atoms with van der Waals surface area (Å²) in [6.45, 7) is 4.48. The van der Waals surface area contributed by atoms with Gasteiger partial charge in [-0.25, -0.2) is 0 Å². The maximum absolute atomic E-state index is 12.8. The van der Waals surface area contributed by atoms with E-state index in [2.05, 4.69) is 17.6 Å². The van der Waals surface area contributed by atoms with Crippen molar-refractivity contribution < 1.29 is 9.59 Å². The van der Waals surface area contributed by atoms with Gasteiger partial charge in [0.15, 0.2) is 0 Å². The van der Waals surface area contributed by atoms with Crippen LogP contribution < -0.4 is 10.6 Å². The van der Waals surface area contributed by atoms with Crippen LogP contribution in [0.1, 0.15) is 36.5 Å². The van der Waals surface area contributed by atoms with Gasteiger partial charge in [0.05, 0.1) is 0 Å². The Morgan fingerprint density at radius 1 is 1.20 bits per heavy atom. The molecule has 0 bridgehead atoms. The van der Waals surface area contributed by atoms with Gasteiger partial charge in [-0.15, -0.1) is 0 Å². The molecule has 2 heterocycles. The Kier molecular flexibility index (Phi) is 5.87. The van der Waals surface area contributed by atoms with Crippen LogP contribution in [0.5, 0.6) is 0 Å². The summed E-state index contributed by atoms with van der Waals surface area (Å²) in [5.74, 6) is 0.166. The summed E-state index contributed by atoms with van der Waals surface area (Å²) in [4.78, 5) is 27.2. The van der Waals surface area contributed by atoms with Crippen molar-refractivity contribution in [2.75, 3.05) is 19.6 Å². The summed E-state index contributed by atoms with van der Waals surface area (Å²) in [5.41, 5.74) is 0.421. The normalized spacial score (nSPS) is 26.5. The monoisotopic (exact) mass is 383 g/mol. The van der Waals surface area contributed by atoms with E-state index in [1.807, 2.05) is 0 Å². The van der Waals surface area contributed by atoms with Gasteiger partial charge >= 0.3 is 0 Å². The predicted molar refractivity (Wildman–Crippen MR) is 99.1 cm³/mol.